The molecular weight excluding hydrogens is 398 g/mol. The van der Waals surface area contributed by atoms with Crippen LogP contribution in [0.25, 0.3) is 6.08 Å². The smallest absolute Gasteiger partial charge is 0.207 e. The zero-order valence-electron chi connectivity index (χ0n) is 17.8. The van der Waals surface area contributed by atoms with Crippen LogP contribution in [0.15, 0.2) is 64.4 Å². The van der Waals surface area contributed by atoms with Crippen LogP contribution in [0.1, 0.15) is 44.2 Å². The fourth-order valence-corrected chi connectivity index (χ4v) is 5.92. The van der Waals surface area contributed by atoms with E-state index in [-0.39, 0.29) is 11.5 Å². The maximum absolute atomic E-state index is 13.5. The molecule has 1 atom stereocenters. The van der Waals surface area contributed by atoms with Crippen LogP contribution in [-0.2, 0) is 10.0 Å². The zero-order valence-corrected chi connectivity index (χ0v) is 19.4. The highest BCUT2D eigenvalue weighted by Gasteiger charge is 2.36. The van der Waals surface area contributed by atoms with Gasteiger partial charge in [-0.2, -0.15) is 4.31 Å². The van der Waals surface area contributed by atoms with Gasteiger partial charge in [-0.1, -0.05) is 55.8 Å². The summed E-state index contributed by atoms with van der Waals surface area (Å²) >= 11 is 1.72. The van der Waals surface area contributed by atoms with Crippen LogP contribution in [-0.4, -0.2) is 31.6 Å². The van der Waals surface area contributed by atoms with Gasteiger partial charge in [0.1, 0.15) is 0 Å². The second-order valence-electron chi connectivity index (χ2n) is 8.60. The van der Waals surface area contributed by atoms with E-state index in [0.717, 1.165) is 30.4 Å². The van der Waals surface area contributed by atoms with Gasteiger partial charge in [-0.05, 0) is 67.7 Å². The van der Waals surface area contributed by atoms with Crippen LogP contribution in [0, 0.1) is 12.3 Å². The summed E-state index contributed by atoms with van der Waals surface area (Å²) in [7, 11) is -3.54. The Kier molecular flexibility index (Phi) is 6.92. The molecule has 29 heavy (non-hydrogen) atoms. The molecule has 0 aromatic heterocycles. The number of sulfonamides is 1. The first-order chi connectivity index (χ1) is 13.7. The largest absolute Gasteiger partial charge is 0.243 e. The van der Waals surface area contributed by atoms with E-state index in [0.29, 0.717) is 11.4 Å². The van der Waals surface area contributed by atoms with Crippen molar-refractivity contribution in [2.75, 3.05) is 12.8 Å². The summed E-state index contributed by atoms with van der Waals surface area (Å²) in [5.74, 6) is 0. The summed E-state index contributed by atoms with van der Waals surface area (Å²) in [6, 6.07) is 15.4. The van der Waals surface area contributed by atoms with Crippen LogP contribution in [0.3, 0.4) is 0 Å². The molecule has 2 aromatic rings. The second kappa shape index (κ2) is 9.07. The molecular formula is C24H31NO2S2. The fourth-order valence-electron chi connectivity index (χ4n) is 3.89. The first-order valence-corrected chi connectivity index (χ1v) is 12.8. The van der Waals surface area contributed by atoms with Gasteiger partial charge in [0.25, 0.3) is 0 Å². The number of nitrogens with zero attached hydrogens (tertiary/aromatic N) is 1. The Morgan fingerprint density at radius 2 is 1.72 bits per heavy atom. The minimum atomic E-state index is -3.54. The number of hydrogen-bond acceptors (Lipinski definition) is 3. The molecule has 1 saturated heterocycles. The molecule has 3 rings (SSSR count). The van der Waals surface area contributed by atoms with Crippen LogP contribution in [0.5, 0.6) is 0 Å². The molecule has 0 radical (unpaired) electrons. The molecule has 5 heteroatoms. The first-order valence-electron chi connectivity index (χ1n) is 10.1. The van der Waals surface area contributed by atoms with Crippen LogP contribution in [0.2, 0.25) is 0 Å². The molecule has 156 valence electrons. The number of rotatable bonds is 5. The van der Waals surface area contributed by atoms with Gasteiger partial charge < -0.3 is 0 Å². The van der Waals surface area contributed by atoms with Crippen molar-refractivity contribution in [1.82, 2.24) is 4.31 Å². The van der Waals surface area contributed by atoms with Gasteiger partial charge in [0.15, 0.2) is 0 Å². The topological polar surface area (TPSA) is 37.4 Å². The van der Waals surface area contributed by atoms with Crippen LogP contribution in [0.4, 0.5) is 0 Å². The third-order valence-electron chi connectivity index (χ3n) is 5.62. The lowest BCUT2D eigenvalue weighted by atomic mass is 9.83. The van der Waals surface area contributed by atoms with E-state index in [1.165, 1.54) is 4.90 Å². The SMILES string of the molecule is CSc1ccc(C=CC2CC(C)(C)CCCN2S(=O)(=O)c2ccc(C)cc2)cc1. The summed E-state index contributed by atoms with van der Waals surface area (Å²) in [5.41, 5.74) is 2.26. The Morgan fingerprint density at radius 3 is 2.34 bits per heavy atom. The molecule has 0 spiro atoms. The Bertz CT molecular complexity index is 945. The van der Waals surface area contributed by atoms with Gasteiger partial charge >= 0.3 is 0 Å². The summed E-state index contributed by atoms with van der Waals surface area (Å²) in [6.07, 6.45) is 8.93. The molecule has 3 nitrogen and oxygen atoms in total. The van der Waals surface area contributed by atoms with Crippen molar-refractivity contribution < 1.29 is 8.42 Å². The molecule has 2 aromatic carbocycles. The normalized spacial score (nSPS) is 20.6. The quantitative estimate of drug-likeness (QED) is 0.547. The summed E-state index contributed by atoms with van der Waals surface area (Å²) in [4.78, 5) is 1.60. The highest BCUT2D eigenvalue weighted by atomic mass is 32.2. The lowest BCUT2D eigenvalue weighted by Crippen LogP contribution is -2.39. The number of thioether (sulfide) groups is 1. The van der Waals surface area contributed by atoms with Crippen molar-refractivity contribution in [3.8, 4) is 0 Å². The number of aryl methyl sites for hydroxylation is 1. The molecule has 0 aliphatic carbocycles. The van der Waals surface area contributed by atoms with Crippen molar-refractivity contribution in [2.24, 2.45) is 5.41 Å². The van der Waals surface area contributed by atoms with Gasteiger partial charge in [-0.15, -0.1) is 11.8 Å². The monoisotopic (exact) mass is 429 g/mol. The van der Waals surface area contributed by atoms with E-state index in [4.69, 9.17) is 0 Å². The third kappa shape index (κ3) is 5.53. The van der Waals surface area contributed by atoms with Gasteiger partial charge in [0.2, 0.25) is 10.0 Å². The van der Waals surface area contributed by atoms with E-state index in [1.807, 2.05) is 19.1 Å². The Morgan fingerprint density at radius 1 is 1.07 bits per heavy atom. The molecule has 1 fully saturated rings. The van der Waals surface area contributed by atoms with E-state index in [2.05, 4.69) is 56.5 Å². The van der Waals surface area contributed by atoms with Crippen molar-refractivity contribution in [3.63, 3.8) is 0 Å². The highest BCUT2D eigenvalue weighted by molar-refractivity contribution is 7.98. The molecule has 1 unspecified atom stereocenters. The Balaban J connectivity index is 1.93. The van der Waals surface area contributed by atoms with E-state index < -0.39 is 10.0 Å². The van der Waals surface area contributed by atoms with Crippen molar-refractivity contribution in [2.45, 2.75) is 55.9 Å². The zero-order chi connectivity index (χ0) is 21.1. The van der Waals surface area contributed by atoms with Gasteiger partial charge in [0, 0.05) is 17.5 Å². The van der Waals surface area contributed by atoms with Gasteiger partial charge in [-0.3, -0.25) is 0 Å². The van der Waals surface area contributed by atoms with Crippen LogP contribution < -0.4 is 0 Å². The molecule has 1 aliphatic rings. The third-order valence-corrected chi connectivity index (χ3v) is 8.30. The van der Waals surface area contributed by atoms with E-state index >= 15 is 0 Å². The average Bonchev–Trinajstić information content (AvgIpc) is 2.85. The Hall–Kier alpha value is -1.56. The minimum Gasteiger partial charge on any atom is -0.207 e. The molecule has 0 bridgehead atoms. The summed E-state index contributed by atoms with van der Waals surface area (Å²) in [6.45, 7) is 7.00. The maximum Gasteiger partial charge on any atom is 0.243 e. The summed E-state index contributed by atoms with van der Waals surface area (Å²) in [5, 5.41) is 0. The second-order valence-corrected chi connectivity index (χ2v) is 11.4. The van der Waals surface area contributed by atoms with E-state index in [9.17, 15) is 8.42 Å². The van der Waals surface area contributed by atoms with E-state index in [1.54, 1.807) is 28.2 Å². The van der Waals surface area contributed by atoms with Gasteiger partial charge in [-0.25, -0.2) is 8.42 Å². The number of benzene rings is 2. The summed E-state index contributed by atoms with van der Waals surface area (Å²) < 4.78 is 28.6. The Labute approximate surface area is 180 Å². The molecule has 1 aliphatic heterocycles. The fraction of sp³-hybridized carbons (Fsp3) is 0.417. The van der Waals surface area contributed by atoms with Crippen molar-refractivity contribution >= 4 is 27.9 Å². The van der Waals surface area contributed by atoms with Crippen molar-refractivity contribution in [3.05, 3.63) is 65.7 Å². The molecule has 0 amide bonds. The lowest BCUT2D eigenvalue weighted by Gasteiger charge is -2.30. The number of hydrogen-bond donors (Lipinski definition) is 0. The molecule has 1 heterocycles. The lowest BCUT2D eigenvalue weighted by molar-refractivity contribution is 0.282. The predicted octanol–water partition coefficient (Wildman–Crippen LogP) is 6.00. The minimum absolute atomic E-state index is 0.106. The predicted molar refractivity (Wildman–Crippen MR) is 124 cm³/mol. The van der Waals surface area contributed by atoms with Crippen molar-refractivity contribution in [1.29, 1.82) is 0 Å². The van der Waals surface area contributed by atoms with Gasteiger partial charge in [0.05, 0.1) is 4.90 Å². The maximum atomic E-state index is 13.5. The highest BCUT2D eigenvalue weighted by Crippen LogP contribution is 2.36. The first kappa shape index (κ1) is 22.1. The molecule has 0 saturated carbocycles. The average molecular weight is 430 g/mol. The van der Waals surface area contributed by atoms with Crippen LogP contribution >= 0.6 is 11.8 Å². The standard InChI is InChI=1S/C24H31NO2S2/c1-19-6-14-23(15-7-19)29(26,27)25-17-5-16-24(2,3)18-21(25)11-8-20-9-12-22(28-4)13-10-20/h6-15,21H,5,16-18H2,1-4H3. The molecule has 0 N–H and O–H groups in total.